The highest BCUT2D eigenvalue weighted by Gasteiger charge is 2.06. The van der Waals surface area contributed by atoms with Gasteiger partial charge < -0.3 is 14.0 Å². The van der Waals surface area contributed by atoms with Gasteiger partial charge >= 0.3 is 6.09 Å². The van der Waals surface area contributed by atoms with Crippen LogP contribution in [-0.2, 0) is 11.3 Å². The number of hydrogen-bond acceptors (Lipinski definition) is 5. The summed E-state index contributed by atoms with van der Waals surface area (Å²) in [7, 11) is 1.32. The first kappa shape index (κ1) is 13.9. The predicted octanol–water partition coefficient (Wildman–Crippen LogP) is 3.05. The molecule has 0 fully saturated rings. The van der Waals surface area contributed by atoms with Gasteiger partial charge in [0.1, 0.15) is 23.8 Å². The smallest absolute Gasteiger partial charge is 0.411 e. The van der Waals surface area contributed by atoms with Crippen LogP contribution in [0.3, 0.4) is 0 Å². The van der Waals surface area contributed by atoms with Gasteiger partial charge in [0.2, 0.25) is 0 Å². The lowest BCUT2D eigenvalue weighted by Crippen LogP contribution is -2.11. The molecule has 1 aromatic heterocycles. The Morgan fingerprint density at radius 1 is 1.35 bits per heavy atom. The number of ether oxygens (including phenoxy) is 2. The van der Waals surface area contributed by atoms with Gasteiger partial charge in [0.15, 0.2) is 0 Å². The minimum absolute atomic E-state index is 0.334. The Bertz CT molecular complexity index is 607. The lowest BCUT2D eigenvalue weighted by atomic mass is 10.2. The molecule has 6 heteroatoms. The largest absolute Gasteiger partial charge is 0.487 e. The molecule has 0 atom stereocenters. The molecule has 0 unspecified atom stereocenters. The Balaban J connectivity index is 1.99. The molecule has 2 aromatic rings. The number of anilines is 1. The fourth-order valence-electron chi connectivity index (χ4n) is 1.67. The number of amides is 1. The normalized spacial score (nSPS) is 10.2. The molecule has 0 aliphatic rings. The molecule has 6 nitrogen and oxygen atoms in total. The van der Waals surface area contributed by atoms with Gasteiger partial charge in [0, 0.05) is 11.8 Å². The summed E-state index contributed by atoms with van der Waals surface area (Å²) in [6.07, 6.45) is -0.500. The maximum atomic E-state index is 11.1. The molecule has 20 heavy (non-hydrogen) atoms. The number of carbonyl (C=O) groups excluding carboxylic acids is 1. The van der Waals surface area contributed by atoms with E-state index >= 15 is 0 Å². The first-order valence-electron chi connectivity index (χ1n) is 6.09. The first-order valence-corrected chi connectivity index (χ1v) is 6.09. The summed E-state index contributed by atoms with van der Waals surface area (Å²) in [6.45, 7) is 4.03. The molecule has 0 saturated heterocycles. The van der Waals surface area contributed by atoms with E-state index in [0.29, 0.717) is 18.0 Å². The molecule has 106 valence electrons. The van der Waals surface area contributed by atoms with Gasteiger partial charge in [0.05, 0.1) is 7.11 Å². The van der Waals surface area contributed by atoms with Crippen LogP contribution in [0.25, 0.3) is 0 Å². The highest BCUT2D eigenvalue weighted by atomic mass is 16.5. The standard InChI is InChI=1S/C14H16N2O4/c1-9-6-12(4-5-13(9)15-14(17)18-3)19-8-11-7-10(2)20-16-11/h4-7H,8H2,1-3H3,(H,15,17). The topological polar surface area (TPSA) is 73.6 Å². The van der Waals surface area contributed by atoms with Gasteiger partial charge in [-0.25, -0.2) is 4.79 Å². The Morgan fingerprint density at radius 2 is 2.15 bits per heavy atom. The van der Waals surface area contributed by atoms with Crippen molar-refractivity contribution in [2.75, 3.05) is 12.4 Å². The fourth-order valence-corrected chi connectivity index (χ4v) is 1.67. The van der Waals surface area contributed by atoms with Crippen molar-refractivity contribution in [2.24, 2.45) is 0 Å². The number of rotatable bonds is 4. The summed E-state index contributed by atoms with van der Waals surface area (Å²) in [4.78, 5) is 11.1. The highest BCUT2D eigenvalue weighted by molar-refractivity contribution is 5.85. The molecule has 0 bridgehead atoms. The minimum atomic E-state index is -0.500. The molecular formula is C14H16N2O4. The second-order valence-corrected chi connectivity index (χ2v) is 4.31. The number of nitrogens with one attached hydrogen (secondary N) is 1. The highest BCUT2D eigenvalue weighted by Crippen LogP contribution is 2.22. The third kappa shape index (κ3) is 3.50. The van der Waals surface area contributed by atoms with E-state index in [1.54, 1.807) is 12.1 Å². The zero-order valence-corrected chi connectivity index (χ0v) is 11.6. The monoisotopic (exact) mass is 276 g/mol. The number of carbonyl (C=O) groups is 1. The molecule has 2 rings (SSSR count). The maximum absolute atomic E-state index is 11.1. The van der Waals surface area contributed by atoms with Gasteiger partial charge in [-0.2, -0.15) is 0 Å². The molecule has 1 aromatic carbocycles. The molecule has 0 aliphatic carbocycles. The number of aromatic nitrogens is 1. The number of nitrogens with zero attached hydrogens (tertiary/aromatic N) is 1. The first-order chi connectivity index (χ1) is 9.58. The van der Waals surface area contributed by atoms with Gasteiger partial charge in [-0.1, -0.05) is 5.16 Å². The second kappa shape index (κ2) is 6.10. The van der Waals surface area contributed by atoms with E-state index < -0.39 is 6.09 Å². The van der Waals surface area contributed by atoms with Crippen LogP contribution in [0.1, 0.15) is 17.0 Å². The van der Waals surface area contributed by atoms with E-state index in [0.717, 1.165) is 17.0 Å². The van der Waals surface area contributed by atoms with E-state index in [1.165, 1.54) is 7.11 Å². The minimum Gasteiger partial charge on any atom is -0.487 e. The average Bonchev–Trinajstić information content (AvgIpc) is 2.85. The van der Waals surface area contributed by atoms with Gasteiger partial charge in [-0.05, 0) is 37.6 Å². The summed E-state index contributed by atoms with van der Waals surface area (Å²) < 4.78 is 15.1. The van der Waals surface area contributed by atoms with E-state index in [4.69, 9.17) is 9.26 Å². The van der Waals surface area contributed by atoms with Crippen LogP contribution in [0.2, 0.25) is 0 Å². The Morgan fingerprint density at radius 3 is 2.75 bits per heavy atom. The van der Waals surface area contributed by atoms with Crippen LogP contribution in [0.4, 0.5) is 10.5 Å². The quantitative estimate of drug-likeness (QED) is 0.929. The number of methoxy groups -OCH3 is 1. The summed E-state index contributed by atoms with van der Waals surface area (Å²) in [5, 5.41) is 6.47. The zero-order chi connectivity index (χ0) is 14.5. The fraction of sp³-hybridized carbons (Fsp3) is 0.286. The zero-order valence-electron chi connectivity index (χ0n) is 11.6. The molecule has 0 aliphatic heterocycles. The number of benzene rings is 1. The van der Waals surface area contributed by atoms with Gasteiger partial charge in [-0.3, -0.25) is 5.32 Å². The Labute approximate surface area is 116 Å². The molecule has 1 heterocycles. The maximum Gasteiger partial charge on any atom is 0.411 e. The predicted molar refractivity (Wildman–Crippen MR) is 72.8 cm³/mol. The van der Waals surface area contributed by atoms with E-state index in [-0.39, 0.29) is 0 Å². The number of hydrogen-bond donors (Lipinski definition) is 1. The molecular weight excluding hydrogens is 260 g/mol. The third-order valence-corrected chi connectivity index (χ3v) is 2.68. The average molecular weight is 276 g/mol. The van der Waals surface area contributed by atoms with Crippen LogP contribution >= 0.6 is 0 Å². The lowest BCUT2D eigenvalue weighted by Gasteiger charge is -2.10. The van der Waals surface area contributed by atoms with Gasteiger partial charge in [-0.15, -0.1) is 0 Å². The summed E-state index contributed by atoms with van der Waals surface area (Å²) >= 11 is 0. The van der Waals surface area contributed by atoms with Crippen molar-refractivity contribution in [1.29, 1.82) is 0 Å². The van der Waals surface area contributed by atoms with E-state index in [9.17, 15) is 4.79 Å². The van der Waals surface area contributed by atoms with Crippen LogP contribution in [0.5, 0.6) is 5.75 Å². The van der Waals surface area contributed by atoms with E-state index in [1.807, 2.05) is 26.0 Å². The summed E-state index contributed by atoms with van der Waals surface area (Å²) in [5.74, 6) is 1.44. The molecule has 1 N–H and O–H groups in total. The number of aryl methyl sites for hydroxylation is 2. The van der Waals surface area contributed by atoms with Crippen LogP contribution < -0.4 is 10.1 Å². The molecule has 1 amide bonds. The van der Waals surface area contributed by atoms with Crippen molar-refractivity contribution in [2.45, 2.75) is 20.5 Å². The summed E-state index contributed by atoms with van der Waals surface area (Å²) in [6, 6.07) is 7.18. The van der Waals surface area contributed by atoms with Crippen molar-refractivity contribution >= 4 is 11.8 Å². The SMILES string of the molecule is COC(=O)Nc1ccc(OCc2cc(C)on2)cc1C. The molecule has 0 saturated carbocycles. The summed E-state index contributed by atoms with van der Waals surface area (Å²) in [5.41, 5.74) is 2.29. The van der Waals surface area contributed by atoms with Crippen LogP contribution in [-0.4, -0.2) is 18.4 Å². The molecule has 0 radical (unpaired) electrons. The van der Waals surface area contributed by atoms with Crippen molar-refractivity contribution < 1.29 is 18.8 Å². The Kier molecular flexibility index (Phi) is 4.24. The van der Waals surface area contributed by atoms with Crippen LogP contribution in [0, 0.1) is 13.8 Å². The van der Waals surface area contributed by atoms with Crippen molar-refractivity contribution in [3.63, 3.8) is 0 Å². The second-order valence-electron chi connectivity index (χ2n) is 4.31. The Hall–Kier alpha value is -2.50. The van der Waals surface area contributed by atoms with Crippen molar-refractivity contribution in [3.8, 4) is 5.75 Å². The van der Waals surface area contributed by atoms with Crippen molar-refractivity contribution in [1.82, 2.24) is 5.16 Å². The third-order valence-electron chi connectivity index (χ3n) is 2.68. The molecule has 0 spiro atoms. The van der Waals surface area contributed by atoms with Crippen molar-refractivity contribution in [3.05, 3.63) is 41.3 Å². The van der Waals surface area contributed by atoms with Gasteiger partial charge in [0.25, 0.3) is 0 Å². The van der Waals surface area contributed by atoms with Crippen LogP contribution in [0.15, 0.2) is 28.8 Å². The van der Waals surface area contributed by atoms with E-state index in [2.05, 4.69) is 15.2 Å². The lowest BCUT2D eigenvalue weighted by molar-refractivity contribution is 0.187.